The molecule has 4 N–H and O–H groups in total. The largest absolute Gasteiger partial charge is 0.364 e. The maximum absolute atomic E-state index is 12.5. The molecule has 0 bridgehead atoms. The van der Waals surface area contributed by atoms with E-state index in [0.29, 0.717) is 22.0 Å². The molecule has 148 valence electrons. The van der Waals surface area contributed by atoms with Crippen molar-refractivity contribution in [3.05, 3.63) is 76.3 Å². The van der Waals surface area contributed by atoms with E-state index in [1.165, 1.54) is 17.9 Å². The summed E-state index contributed by atoms with van der Waals surface area (Å²) >= 11 is 6.14. The Morgan fingerprint density at radius 2 is 1.76 bits per heavy atom. The Balaban J connectivity index is 1.88. The van der Waals surface area contributed by atoms with Crippen LogP contribution in [0.4, 0.5) is 5.69 Å². The third-order valence-electron chi connectivity index (χ3n) is 4.30. The number of hydrogen-bond acceptors (Lipinski definition) is 4. The molecule has 0 radical (unpaired) electrons. The first-order valence-corrected chi connectivity index (χ1v) is 8.97. The lowest BCUT2D eigenvalue weighted by molar-refractivity contribution is 0.0937. The number of nitrogens with two attached hydrogens (primary N) is 1. The van der Waals surface area contributed by atoms with Gasteiger partial charge < -0.3 is 16.4 Å². The fraction of sp³-hybridized carbons (Fsp3) is 0.100. The van der Waals surface area contributed by atoms with Crippen LogP contribution < -0.4 is 16.4 Å². The molecule has 0 atom stereocenters. The molecular formula is C20H18ClN5O3. The van der Waals surface area contributed by atoms with Crippen molar-refractivity contribution in [2.45, 2.75) is 6.92 Å². The number of aryl methyl sites for hydroxylation is 1. The van der Waals surface area contributed by atoms with Crippen molar-refractivity contribution < 1.29 is 14.4 Å². The van der Waals surface area contributed by atoms with Crippen LogP contribution in [0.5, 0.6) is 0 Å². The lowest BCUT2D eigenvalue weighted by atomic mass is 10.1. The Labute approximate surface area is 171 Å². The molecule has 0 saturated carbocycles. The van der Waals surface area contributed by atoms with Crippen LogP contribution in [0, 0.1) is 6.92 Å². The van der Waals surface area contributed by atoms with Crippen LogP contribution in [0.1, 0.15) is 36.9 Å². The van der Waals surface area contributed by atoms with Gasteiger partial charge in [0.2, 0.25) is 0 Å². The van der Waals surface area contributed by atoms with Gasteiger partial charge in [0.1, 0.15) is 12.0 Å². The maximum atomic E-state index is 12.5. The molecule has 3 rings (SSSR count). The van der Waals surface area contributed by atoms with Crippen LogP contribution in [0.3, 0.4) is 0 Å². The van der Waals surface area contributed by atoms with Crippen molar-refractivity contribution in [2.75, 3.05) is 12.4 Å². The summed E-state index contributed by atoms with van der Waals surface area (Å²) < 4.78 is 1.41. The van der Waals surface area contributed by atoms with Crippen molar-refractivity contribution in [2.24, 2.45) is 5.73 Å². The molecule has 0 aliphatic heterocycles. The Morgan fingerprint density at radius 3 is 2.34 bits per heavy atom. The number of nitrogens with one attached hydrogen (secondary N) is 2. The highest BCUT2D eigenvalue weighted by atomic mass is 35.5. The van der Waals surface area contributed by atoms with E-state index < -0.39 is 11.8 Å². The maximum Gasteiger partial charge on any atom is 0.272 e. The highest BCUT2D eigenvalue weighted by Crippen LogP contribution is 2.22. The zero-order chi connectivity index (χ0) is 21.1. The van der Waals surface area contributed by atoms with Crippen LogP contribution in [-0.2, 0) is 0 Å². The molecule has 1 aromatic heterocycles. The number of primary amides is 1. The van der Waals surface area contributed by atoms with Gasteiger partial charge in [-0.05, 0) is 42.8 Å². The third-order valence-corrected chi connectivity index (χ3v) is 4.61. The summed E-state index contributed by atoms with van der Waals surface area (Å²) in [5.41, 5.74) is 7.58. The molecule has 0 saturated heterocycles. The number of anilines is 1. The average Bonchev–Trinajstić information content (AvgIpc) is 3.13. The molecular weight excluding hydrogens is 394 g/mol. The van der Waals surface area contributed by atoms with Gasteiger partial charge in [0.15, 0.2) is 5.69 Å². The minimum Gasteiger partial charge on any atom is -0.364 e. The molecule has 0 aliphatic rings. The summed E-state index contributed by atoms with van der Waals surface area (Å²) in [6.45, 7) is 1.80. The minimum atomic E-state index is -0.785. The molecule has 29 heavy (non-hydrogen) atoms. The van der Waals surface area contributed by atoms with E-state index in [1.54, 1.807) is 49.4 Å². The second-order valence-electron chi connectivity index (χ2n) is 6.19. The first kappa shape index (κ1) is 20.1. The molecule has 2 aromatic carbocycles. The van der Waals surface area contributed by atoms with Gasteiger partial charge in [0.05, 0.1) is 10.6 Å². The second-order valence-corrected chi connectivity index (χ2v) is 6.60. The van der Waals surface area contributed by atoms with Gasteiger partial charge in [-0.25, -0.2) is 4.98 Å². The highest BCUT2D eigenvalue weighted by Gasteiger charge is 2.22. The van der Waals surface area contributed by atoms with Crippen LogP contribution >= 0.6 is 11.6 Å². The molecule has 1 heterocycles. The molecule has 3 aromatic rings. The Morgan fingerprint density at radius 1 is 1.07 bits per heavy atom. The molecule has 0 aliphatic carbocycles. The molecule has 0 unspecified atom stereocenters. The number of halogens is 1. The number of carbonyl (C=O) groups is 3. The van der Waals surface area contributed by atoms with E-state index in [-0.39, 0.29) is 17.3 Å². The van der Waals surface area contributed by atoms with Crippen molar-refractivity contribution in [1.29, 1.82) is 0 Å². The van der Waals surface area contributed by atoms with Crippen LogP contribution in [-0.4, -0.2) is 34.3 Å². The summed E-state index contributed by atoms with van der Waals surface area (Å²) in [5.74, 6) is -1.63. The zero-order valence-electron chi connectivity index (χ0n) is 15.7. The zero-order valence-corrected chi connectivity index (χ0v) is 16.4. The molecule has 8 nitrogen and oxygen atoms in total. The Kier molecular flexibility index (Phi) is 5.65. The van der Waals surface area contributed by atoms with Gasteiger partial charge in [-0.15, -0.1) is 0 Å². The van der Waals surface area contributed by atoms with Crippen molar-refractivity contribution in [3.63, 3.8) is 0 Å². The number of carbonyl (C=O) groups excluding carboxylic acids is 3. The molecule has 9 heteroatoms. The number of nitrogens with zero attached hydrogens (tertiary/aromatic N) is 2. The van der Waals surface area contributed by atoms with Crippen LogP contribution in [0.2, 0.25) is 5.02 Å². The van der Waals surface area contributed by atoms with Gasteiger partial charge in [-0.3, -0.25) is 19.0 Å². The summed E-state index contributed by atoms with van der Waals surface area (Å²) in [4.78, 5) is 40.3. The smallest absolute Gasteiger partial charge is 0.272 e. The van der Waals surface area contributed by atoms with Crippen LogP contribution in [0.25, 0.3) is 5.69 Å². The van der Waals surface area contributed by atoms with Gasteiger partial charge in [0, 0.05) is 18.4 Å². The van der Waals surface area contributed by atoms with E-state index in [9.17, 15) is 14.4 Å². The van der Waals surface area contributed by atoms with Gasteiger partial charge in [0.25, 0.3) is 17.7 Å². The van der Waals surface area contributed by atoms with Crippen molar-refractivity contribution in [3.8, 4) is 5.69 Å². The fourth-order valence-corrected chi connectivity index (χ4v) is 3.19. The second kappa shape index (κ2) is 8.15. The Hall–Kier alpha value is -3.65. The highest BCUT2D eigenvalue weighted by molar-refractivity contribution is 6.34. The van der Waals surface area contributed by atoms with E-state index in [1.807, 2.05) is 0 Å². The summed E-state index contributed by atoms with van der Waals surface area (Å²) in [5, 5.41) is 5.57. The predicted molar refractivity (Wildman–Crippen MR) is 110 cm³/mol. The van der Waals surface area contributed by atoms with Crippen molar-refractivity contribution in [1.82, 2.24) is 14.9 Å². The summed E-state index contributed by atoms with van der Waals surface area (Å²) in [6, 6.07) is 11.9. The summed E-state index contributed by atoms with van der Waals surface area (Å²) in [7, 11) is 1.43. The van der Waals surface area contributed by atoms with E-state index in [2.05, 4.69) is 15.6 Å². The number of benzene rings is 2. The van der Waals surface area contributed by atoms with E-state index in [0.717, 1.165) is 5.56 Å². The van der Waals surface area contributed by atoms with Crippen LogP contribution in [0.15, 0.2) is 48.8 Å². The normalized spacial score (nSPS) is 10.4. The standard InChI is InChI=1S/C20H18ClN5O3/c1-11-4-3-5-14(21)15(11)19(28)25-12-6-8-13(9-7-12)26-10-24-16(20(29)23-2)17(26)18(22)27/h3-10H,1-2H3,(H2,22,27)(H,23,29)(H,25,28). The lowest BCUT2D eigenvalue weighted by Gasteiger charge is -2.11. The minimum absolute atomic E-state index is 0.0344. The monoisotopic (exact) mass is 411 g/mol. The SMILES string of the molecule is CNC(=O)c1ncn(-c2ccc(NC(=O)c3c(C)cccc3Cl)cc2)c1C(N)=O. The quantitative estimate of drug-likeness (QED) is 0.597. The first-order valence-electron chi connectivity index (χ1n) is 8.59. The Bertz CT molecular complexity index is 1090. The first-order chi connectivity index (χ1) is 13.8. The topological polar surface area (TPSA) is 119 Å². The molecule has 0 spiro atoms. The molecule has 0 fully saturated rings. The number of hydrogen-bond donors (Lipinski definition) is 3. The lowest BCUT2D eigenvalue weighted by Crippen LogP contribution is -2.25. The fourth-order valence-electron chi connectivity index (χ4n) is 2.88. The van der Waals surface area contributed by atoms with Gasteiger partial charge in [-0.2, -0.15) is 0 Å². The van der Waals surface area contributed by atoms with E-state index in [4.69, 9.17) is 17.3 Å². The number of amides is 3. The third kappa shape index (κ3) is 3.97. The van der Waals surface area contributed by atoms with Gasteiger partial charge in [-0.1, -0.05) is 23.7 Å². The molecule has 3 amide bonds. The number of aromatic nitrogens is 2. The van der Waals surface area contributed by atoms with Gasteiger partial charge >= 0.3 is 0 Å². The average molecular weight is 412 g/mol. The van der Waals surface area contributed by atoms with Crippen molar-refractivity contribution >= 4 is 35.0 Å². The predicted octanol–water partition coefficient (Wildman–Crippen LogP) is 2.54. The summed E-state index contributed by atoms with van der Waals surface area (Å²) in [6.07, 6.45) is 1.34. The van der Waals surface area contributed by atoms with E-state index >= 15 is 0 Å². The number of rotatable bonds is 5. The number of imidazole rings is 1.